The molecule has 0 bridgehead atoms. The Hall–Kier alpha value is -2.35. The van der Waals surface area contributed by atoms with Gasteiger partial charge in [-0.25, -0.2) is 13.8 Å². The largest absolute Gasteiger partial charge is 0.342 e. The molecule has 5 nitrogen and oxygen atoms in total. The highest BCUT2D eigenvalue weighted by molar-refractivity contribution is 7.15. The minimum absolute atomic E-state index is 0.0267. The van der Waals surface area contributed by atoms with E-state index >= 15 is 0 Å². The van der Waals surface area contributed by atoms with E-state index in [2.05, 4.69) is 10.3 Å². The molecule has 8 heteroatoms. The number of anilines is 1. The Morgan fingerprint density at radius 2 is 2.15 bits per heavy atom. The van der Waals surface area contributed by atoms with Gasteiger partial charge in [-0.15, -0.1) is 11.3 Å². The number of carbonyl (C=O) groups is 2. The number of halogens is 2. The molecule has 1 aromatic carbocycles. The Morgan fingerprint density at radius 3 is 2.85 bits per heavy atom. The van der Waals surface area contributed by atoms with Gasteiger partial charge in [0.1, 0.15) is 11.6 Å². The van der Waals surface area contributed by atoms with Crippen LogP contribution in [-0.4, -0.2) is 34.8 Å². The maximum absolute atomic E-state index is 13.9. The predicted octanol–water partition coefficient (Wildman–Crippen LogP) is 3.52. The first-order valence-corrected chi connectivity index (χ1v) is 9.61. The minimum atomic E-state index is -0.614. The van der Waals surface area contributed by atoms with E-state index in [1.165, 1.54) is 30.4 Å². The number of piperidine rings is 1. The Morgan fingerprint density at radius 1 is 1.37 bits per heavy atom. The molecule has 144 valence electrons. The summed E-state index contributed by atoms with van der Waals surface area (Å²) < 4.78 is 26.9. The van der Waals surface area contributed by atoms with Crippen LogP contribution in [0.1, 0.15) is 35.9 Å². The average Bonchev–Trinajstić information content (AvgIpc) is 2.96. The number of hydrogen-bond acceptors (Lipinski definition) is 4. The van der Waals surface area contributed by atoms with Crippen molar-refractivity contribution >= 4 is 28.3 Å². The number of likely N-dealkylation sites (tertiary alicyclic amines) is 1. The van der Waals surface area contributed by atoms with Crippen molar-refractivity contribution in [1.29, 1.82) is 0 Å². The zero-order valence-electron chi connectivity index (χ0n) is 15.2. The molecule has 2 amide bonds. The molecule has 0 spiro atoms. The number of thiazole rings is 1. The van der Waals surface area contributed by atoms with Crippen molar-refractivity contribution in [2.75, 3.05) is 18.4 Å². The van der Waals surface area contributed by atoms with Gasteiger partial charge in [-0.2, -0.15) is 0 Å². The quantitative estimate of drug-likeness (QED) is 0.865. The summed E-state index contributed by atoms with van der Waals surface area (Å²) in [4.78, 5) is 30.9. The number of aryl methyl sites for hydroxylation is 1. The summed E-state index contributed by atoms with van der Waals surface area (Å²) in [7, 11) is 0. The molecule has 1 saturated heterocycles. The summed E-state index contributed by atoms with van der Waals surface area (Å²) in [5.74, 6) is -1.66. The fourth-order valence-electron chi connectivity index (χ4n) is 3.17. The first kappa shape index (κ1) is 19.4. The second-order valence-corrected chi connectivity index (χ2v) is 7.82. The fraction of sp³-hybridized carbons (Fsp3) is 0.421. The topological polar surface area (TPSA) is 62.3 Å². The number of nitrogens with zero attached hydrogens (tertiary/aromatic N) is 2. The van der Waals surface area contributed by atoms with E-state index < -0.39 is 11.6 Å². The van der Waals surface area contributed by atoms with E-state index in [4.69, 9.17) is 0 Å². The van der Waals surface area contributed by atoms with E-state index in [1.807, 2.05) is 0 Å². The molecule has 1 fully saturated rings. The van der Waals surface area contributed by atoms with E-state index in [0.29, 0.717) is 29.5 Å². The molecule has 1 N–H and O–H groups in total. The van der Waals surface area contributed by atoms with Crippen LogP contribution >= 0.6 is 11.3 Å². The van der Waals surface area contributed by atoms with Crippen molar-refractivity contribution in [3.63, 3.8) is 0 Å². The van der Waals surface area contributed by atoms with Crippen molar-refractivity contribution in [2.24, 2.45) is 5.92 Å². The van der Waals surface area contributed by atoms with E-state index in [1.54, 1.807) is 11.8 Å². The Labute approximate surface area is 160 Å². The van der Waals surface area contributed by atoms with Crippen molar-refractivity contribution in [3.05, 3.63) is 46.0 Å². The number of carbonyl (C=O) groups excluding carboxylic acids is 2. The molecule has 0 saturated carbocycles. The van der Waals surface area contributed by atoms with Gasteiger partial charge in [0, 0.05) is 37.4 Å². The molecule has 2 aromatic rings. The molecule has 2 heterocycles. The molecular weight excluding hydrogens is 372 g/mol. The van der Waals surface area contributed by atoms with Crippen LogP contribution in [0.3, 0.4) is 0 Å². The zero-order chi connectivity index (χ0) is 19.6. The number of benzene rings is 1. The van der Waals surface area contributed by atoms with Crippen molar-refractivity contribution in [3.8, 4) is 0 Å². The van der Waals surface area contributed by atoms with Crippen LogP contribution < -0.4 is 5.32 Å². The monoisotopic (exact) mass is 393 g/mol. The summed E-state index contributed by atoms with van der Waals surface area (Å²) in [5.41, 5.74) is 1.08. The summed E-state index contributed by atoms with van der Waals surface area (Å²) in [5, 5.41) is 3.27. The smallest absolute Gasteiger partial charge is 0.231 e. The van der Waals surface area contributed by atoms with Crippen molar-refractivity contribution in [1.82, 2.24) is 9.88 Å². The highest BCUT2D eigenvalue weighted by atomic mass is 32.1. The molecule has 1 aliphatic heterocycles. The van der Waals surface area contributed by atoms with Crippen LogP contribution in [-0.2, 0) is 16.0 Å². The molecule has 1 aliphatic rings. The number of aromatic nitrogens is 1. The van der Waals surface area contributed by atoms with Crippen LogP contribution in [0.15, 0.2) is 18.2 Å². The van der Waals surface area contributed by atoms with Crippen LogP contribution in [0.25, 0.3) is 0 Å². The number of amides is 2. The van der Waals surface area contributed by atoms with E-state index in [0.717, 1.165) is 23.8 Å². The lowest BCUT2D eigenvalue weighted by atomic mass is 9.97. The SMILES string of the molecule is CC(=O)N1CCCC(C(=O)Nc2nc(C)c(Cc3ccc(F)cc3F)s2)C1. The number of nitrogens with one attached hydrogen (secondary N) is 1. The fourth-order valence-corrected chi connectivity index (χ4v) is 4.16. The molecule has 0 aliphatic carbocycles. The predicted molar refractivity (Wildman–Crippen MR) is 99.6 cm³/mol. The average molecular weight is 393 g/mol. The van der Waals surface area contributed by atoms with Gasteiger partial charge in [0.15, 0.2) is 5.13 Å². The van der Waals surface area contributed by atoms with Gasteiger partial charge < -0.3 is 10.2 Å². The second kappa shape index (κ2) is 8.12. The second-order valence-electron chi connectivity index (χ2n) is 6.73. The molecule has 27 heavy (non-hydrogen) atoms. The normalized spacial score (nSPS) is 17.0. The van der Waals surface area contributed by atoms with Gasteiger partial charge >= 0.3 is 0 Å². The first-order valence-electron chi connectivity index (χ1n) is 8.80. The van der Waals surface area contributed by atoms with Gasteiger partial charge in [0.05, 0.1) is 11.6 Å². The summed E-state index contributed by atoms with van der Waals surface area (Å²) in [6.45, 7) is 4.40. The summed E-state index contributed by atoms with van der Waals surface area (Å²) >= 11 is 1.28. The zero-order valence-corrected chi connectivity index (χ0v) is 16.0. The van der Waals surface area contributed by atoms with E-state index in [9.17, 15) is 18.4 Å². The third kappa shape index (κ3) is 4.68. The first-order chi connectivity index (χ1) is 12.8. The lowest BCUT2D eigenvalue weighted by Gasteiger charge is -2.31. The molecule has 0 radical (unpaired) electrons. The summed E-state index contributed by atoms with van der Waals surface area (Å²) in [6.07, 6.45) is 1.81. The maximum atomic E-state index is 13.9. The van der Waals surface area contributed by atoms with Gasteiger partial charge in [0.25, 0.3) is 0 Å². The standard InChI is InChI=1S/C19H21F2N3O2S/c1-11-17(8-13-5-6-15(20)9-16(13)21)27-19(22-11)23-18(26)14-4-3-7-24(10-14)12(2)25/h5-6,9,14H,3-4,7-8,10H2,1-2H3,(H,22,23,26). The third-order valence-corrected chi connectivity index (χ3v) is 5.80. The Bertz CT molecular complexity index is 869. The van der Waals surface area contributed by atoms with Gasteiger partial charge in [0.2, 0.25) is 11.8 Å². The Balaban J connectivity index is 1.67. The van der Waals surface area contributed by atoms with Crippen molar-refractivity contribution in [2.45, 2.75) is 33.1 Å². The molecule has 1 unspecified atom stereocenters. The summed E-state index contributed by atoms with van der Waals surface area (Å²) in [6, 6.07) is 3.50. The number of hydrogen-bond donors (Lipinski definition) is 1. The van der Waals surface area contributed by atoms with Gasteiger partial charge in [-0.1, -0.05) is 6.07 Å². The van der Waals surface area contributed by atoms with Crippen molar-refractivity contribution < 1.29 is 18.4 Å². The highest BCUT2D eigenvalue weighted by Gasteiger charge is 2.27. The molecule has 1 atom stereocenters. The van der Waals surface area contributed by atoms with Gasteiger partial charge in [-0.05, 0) is 31.4 Å². The van der Waals surface area contributed by atoms with Crippen LogP contribution in [0.4, 0.5) is 13.9 Å². The van der Waals surface area contributed by atoms with E-state index in [-0.39, 0.29) is 24.2 Å². The Kier molecular flexibility index (Phi) is 5.84. The maximum Gasteiger partial charge on any atom is 0.231 e. The van der Waals surface area contributed by atoms with Crippen LogP contribution in [0.5, 0.6) is 0 Å². The highest BCUT2D eigenvalue weighted by Crippen LogP contribution is 2.27. The molecular formula is C19H21F2N3O2S. The number of rotatable bonds is 4. The van der Waals surface area contributed by atoms with Gasteiger partial charge in [-0.3, -0.25) is 9.59 Å². The minimum Gasteiger partial charge on any atom is -0.342 e. The van der Waals surface area contributed by atoms with Crippen LogP contribution in [0, 0.1) is 24.5 Å². The third-order valence-electron chi connectivity index (χ3n) is 4.73. The van der Waals surface area contributed by atoms with Crippen LogP contribution in [0.2, 0.25) is 0 Å². The lowest BCUT2D eigenvalue weighted by Crippen LogP contribution is -2.42. The lowest BCUT2D eigenvalue weighted by molar-refractivity contribution is -0.132. The molecule has 3 rings (SSSR count). The molecule has 1 aromatic heterocycles.